The van der Waals surface area contributed by atoms with Gasteiger partial charge in [-0.05, 0) is 40.5 Å². The van der Waals surface area contributed by atoms with E-state index in [1.165, 1.54) is 6.07 Å². The van der Waals surface area contributed by atoms with Gasteiger partial charge >= 0.3 is 0 Å². The Balaban J connectivity index is 1.53. The third-order valence-electron chi connectivity index (χ3n) is 5.25. The highest BCUT2D eigenvalue weighted by Crippen LogP contribution is 2.28. The van der Waals surface area contributed by atoms with Gasteiger partial charge in [-0.3, -0.25) is 9.59 Å². The van der Waals surface area contributed by atoms with Crippen molar-refractivity contribution < 1.29 is 4.79 Å². The third-order valence-corrected chi connectivity index (χ3v) is 5.25. The zero-order valence-corrected chi connectivity index (χ0v) is 16.9. The Hall–Kier alpha value is -3.96. The SMILES string of the molecule is N[C@H](C(=O)Nc1ccc(-c2ccc(=O)[nH]c2)cc1)C(c1ccccc1)c1ccccc1. The summed E-state index contributed by atoms with van der Waals surface area (Å²) in [6, 6.07) is 29.6. The summed E-state index contributed by atoms with van der Waals surface area (Å²) in [5.41, 5.74) is 10.8. The molecule has 0 aliphatic rings. The van der Waals surface area contributed by atoms with Crippen molar-refractivity contribution in [2.24, 2.45) is 5.73 Å². The van der Waals surface area contributed by atoms with Crippen LogP contribution in [-0.4, -0.2) is 16.9 Å². The fourth-order valence-corrected chi connectivity index (χ4v) is 3.64. The minimum Gasteiger partial charge on any atom is -0.328 e. The van der Waals surface area contributed by atoms with Gasteiger partial charge in [0.25, 0.3) is 0 Å². The van der Waals surface area contributed by atoms with Crippen molar-refractivity contribution in [3.63, 3.8) is 0 Å². The van der Waals surface area contributed by atoms with E-state index in [1.807, 2.05) is 84.9 Å². The summed E-state index contributed by atoms with van der Waals surface area (Å²) in [5, 5.41) is 2.93. The van der Waals surface area contributed by atoms with E-state index in [2.05, 4.69) is 10.3 Å². The summed E-state index contributed by atoms with van der Waals surface area (Å²) >= 11 is 0. The predicted octanol–water partition coefficient (Wildman–Crippen LogP) is 4.14. The average molecular weight is 409 g/mol. The molecule has 0 aliphatic heterocycles. The Morgan fingerprint density at radius 1 is 0.742 bits per heavy atom. The number of anilines is 1. The van der Waals surface area contributed by atoms with Crippen LogP contribution in [0.3, 0.4) is 0 Å². The number of amides is 1. The number of nitrogens with two attached hydrogens (primary N) is 1. The molecule has 1 amide bonds. The fourth-order valence-electron chi connectivity index (χ4n) is 3.64. The van der Waals surface area contributed by atoms with Gasteiger partial charge in [0.2, 0.25) is 11.5 Å². The number of H-pyrrole nitrogens is 1. The fraction of sp³-hybridized carbons (Fsp3) is 0.0769. The summed E-state index contributed by atoms with van der Waals surface area (Å²) in [6.07, 6.45) is 1.66. The molecule has 3 aromatic carbocycles. The number of carbonyl (C=O) groups is 1. The van der Waals surface area contributed by atoms with Gasteiger partial charge in [-0.1, -0.05) is 72.8 Å². The minimum atomic E-state index is -0.760. The van der Waals surface area contributed by atoms with Crippen LogP contribution in [-0.2, 0) is 4.79 Å². The standard InChI is InChI=1S/C26H23N3O2/c27-25(24(19-7-3-1-4-8-19)20-9-5-2-6-10-20)26(31)29-22-14-11-18(12-15-22)21-13-16-23(30)28-17-21/h1-17,24-25H,27H2,(H,28,30)(H,29,31)/t25-/m0/s1. The van der Waals surface area contributed by atoms with Gasteiger partial charge in [-0.2, -0.15) is 0 Å². The lowest BCUT2D eigenvalue weighted by molar-refractivity contribution is -0.117. The molecule has 1 aromatic heterocycles. The van der Waals surface area contributed by atoms with Gasteiger partial charge < -0.3 is 16.0 Å². The maximum Gasteiger partial charge on any atom is 0.247 e. The number of carbonyl (C=O) groups excluding carboxylic acids is 1. The highest BCUT2D eigenvalue weighted by atomic mass is 16.2. The lowest BCUT2D eigenvalue weighted by Gasteiger charge is -2.24. The molecule has 0 saturated carbocycles. The molecule has 1 heterocycles. The summed E-state index contributed by atoms with van der Waals surface area (Å²) < 4.78 is 0. The van der Waals surface area contributed by atoms with Crippen LogP contribution in [0.4, 0.5) is 5.69 Å². The summed E-state index contributed by atoms with van der Waals surface area (Å²) in [5.74, 6) is -0.516. The normalized spacial score (nSPS) is 11.8. The van der Waals surface area contributed by atoms with Crippen molar-refractivity contribution in [2.45, 2.75) is 12.0 Å². The van der Waals surface area contributed by atoms with Crippen molar-refractivity contribution in [1.82, 2.24) is 4.98 Å². The van der Waals surface area contributed by atoms with Crippen LogP contribution < -0.4 is 16.6 Å². The second-order valence-corrected chi connectivity index (χ2v) is 7.33. The van der Waals surface area contributed by atoms with Crippen LogP contribution in [0.5, 0.6) is 0 Å². The van der Waals surface area contributed by atoms with E-state index in [-0.39, 0.29) is 17.4 Å². The Kier molecular flexibility index (Phi) is 6.05. The first kappa shape index (κ1) is 20.3. The van der Waals surface area contributed by atoms with Gasteiger partial charge in [-0.25, -0.2) is 0 Å². The number of benzene rings is 3. The summed E-state index contributed by atoms with van der Waals surface area (Å²) in [6.45, 7) is 0. The average Bonchev–Trinajstić information content (AvgIpc) is 2.82. The monoisotopic (exact) mass is 409 g/mol. The zero-order valence-electron chi connectivity index (χ0n) is 16.9. The summed E-state index contributed by atoms with van der Waals surface area (Å²) in [4.78, 5) is 26.9. The van der Waals surface area contributed by atoms with Crippen molar-refractivity contribution in [2.75, 3.05) is 5.32 Å². The van der Waals surface area contributed by atoms with Crippen LogP contribution in [0.15, 0.2) is 108 Å². The van der Waals surface area contributed by atoms with Crippen LogP contribution in [0.2, 0.25) is 0 Å². The van der Waals surface area contributed by atoms with Gasteiger partial charge in [0, 0.05) is 23.9 Å². The molecule has 0 radical (unpaired) electrons. The Labute approximate surface area is 180 Å². The maximum absolute atomic E-state index is 13.0. The number of hydrogen-bond donors (Lipinski definition) is 3. The number of aromatic nitrogens is 1. The number of aromatic amines is 1. The summed E-state index contributed by atoms with van der Waals surface area (Å²) in [7, 11) is 0. The minimum absolute atomic E-state index is 0.145. The van der Waals surface area contributed by atoms with Gasteiger partial charge in [0.1, 0.15) is 0 Å². The Morgan fingerprint density at radius 2 is 1.29 bits per heavy atom. The van der Waals surface area contributed by atoms with Gasteiger partial charge in [0.15, 0.2) is 0 Å². The van der Waals surface area contributed by atoms with Crippen molar-refractivity contribution >= 4 is 11.6 Å². The van der Waals surface area contributed by atoms with Crippen LogP contribution in [0, 0.1) is 0 Å². The lowest BCUT2D eigenvalue weighted by atomic mass is 9.85. The molecule has 154 valence electrons. The van der Waals surface area contributed by atoms with Crippen LogP contribution in [0.1, 0.15) is 17.0 Å². The second kappa shape index (κ2) is 9.24. The number of pyridine rings is 1. The van der Waals surface area contributed by atoms with E-state index in [9.17, 15) is 9.59 Å². The van der Waals surface area contributed by atoms with Crippen molar-refractivity contribution in [3.05, 3.63) is 125 Å². The van der Waals surface area contributed by atoms with Gasteiger partial charge in [0.05, 0.1) is 6.04 Å². The molecule has 4 N–H and O–H groups in total. The molecule has 0 bridgehead atoms. The Morgan fingerprint density at radius 3 is 1.81 bits per heavy atom. The van der Waals surface area contributed by atoms with E-state index in [4.69, 9.17) is 5.73 Å². The Bertz CT molecular complexity index is 1140. The lowest BCUT2D eigenvalue weighted by Crippen LogP contribution is -2.41. The highest BCUT2D eigenvalue weighted by molar-refractivity contribution is 5.96. The van der Waals surface area contributed by atoms with E-state index >= 15 is 0 Å². The molecule has 5 heteroatoms. The molecule has 1 atom stereocenters. The largest absolute Gasteiger partial charge is 0.328 e. The maximum atomic E-state index is 13.0. The van der Waals surface area contributed by atoms with E-state index < -0.39 is 6.04 Å². The topological polar surface area (TPSA) is 88.0 Å². The first-order valence-corrected chi connectivity index (χ1v) is 10.1. The van der Waals surface area contributed by atoms with Crippen molar-refractivity contribution in [1.29, 1.82) is 0 Å². The number of nitrogens with one attached hydrogen (secondary N) is 2. The quantitative estimate of drug-likeness (QED) is 0.447. The molecule has 5 nitrogen and oxygen atoms in total. The zero-order chi connectivity index (χ0) is 21.6. The molecular weight excluding hydrogens is 386 g/mol. The predicted molar refractivity (Wildman–Crippen MR) is 124 cm³/mol. The second-order valence-electron chi connectivity index (χ2n) is 7.33. The molecule has 4 rings (SSSR count). The molecule has 0 unspecified atom stereocenters. The van der Waals surface area contributed by atoms with Crippen LogP contribution in [0.25, 0.3) is 11.1 Å². The van der Waals surface area contributed by atoms with Crippen molar-refractivity contribution in [3.8, 4) is 11.1 Å². The molecule has 0 aliphatic carbocycles. The number of rotatable bonds is 6. The van der Waals surface area contributed by atoms with Crippen LogP contribution >= 0.6 is 0 Å². The third kappa shape index (κ3) is 4.79. The van der Waals surface area contributed by atoms with Gasteiger partial charge in [-0.15, -0.1) is 0 Å². The first-order valence-electron chi connectivity index (χ1n) is 10.1. The molecule has 0 fully saturated rings. The molecule has 0 spiro atoms. The van der Waals surface area contributed by atoms with E-state index in [1.54, 1.807) is 12.3 Å². The molecule has 31 heavy (non-hydrogen) atoms. The molecule has 0 saturated heterocycles. The first-order chi connectivity index (χ1) is 15.1. The highest BCUT2D eigenvalue weighted by Gasteiger charge is 2.27. The number of hydrogen-bond acceptors (Lipinski definition) is 3. The molecular formula is C26H23N3O2. The van der Waals surface area contributed by atoms with E-state index in [0.717, 1.165) is 22.3 Å². The van der Waals surface area contributed by atoms with E-state index in [0.29, 0.717) is 5.69 Å². The smallest absolute Gasteiger partial charge is 0.247 e. The molecule has 4 aromatic rings.